The van der Waals surface area contributed by atoms with Gasteiger partial charge in [0.15, 0.2) is 0 Å². The summed E-state index contributed by atoms with van der Waals surface area (Å²) >= 11 is 2.17. The predicted octanol–water partition coefficient (Wildman–Crippen LogP) is -0.0489. The van der Waals surface area contributed by atoms with Crippen LogP contribution in [0, 0.1) is 3.57 Å². The molecular formula is C8H13IN4O. The Labute approximate surface area is 96.2 Å². The summed E-state index contributed by atoms with van der Waals surface area (Å²) in [7, 11) is 0. The van der Waals surface area contributed by atoms with Gasteiger partial charge in [-0.2, -0.15) is 5.10 Å². The Hall–Kier alpha value is -0.630. The third kappa shape index (κ3) is 3.26. The van der Waals surface area contributed by atoms with Crippen molar-refractivity contribution in [3.8, 4) is 0 Å². The molecular weight excluding hydrogens is 295 g/mol. The number of nitrogens with one attached hydrogen (secondary N) is 1. The summed E-state index contributed by atoms with van der Waals surface area (Å²) in [6.07, 6.45) is 3.61. The van der Waals surface area contributed by atoms with E-state index in [4.69, 9.17) is 5.73 Å². The first-order valence-corrected chi connectivity index (χ1v) is 5.42. The molecule has 1 atom stereocenters. The molecule has 1 heterocycles. The van der Waals surface area contributed by atoms with Gasteiger partial charge in [-0.15, -0.1) is 0 Å². The fourth-order valence-corrected chi connectivity index (χ4v) is 1.57. The van der Waals surface area contributed by atoms with Crippen molar-refractivity contribution in [2.24, 2.45) is 5.73 Å². The molecule has 14 heavy (non-hydrogen) atoms. The SMILES string of the molecule is CCNC(Cn1cc(I)cn1)C(N)=O. The standard InChI is InChI=1S/C8H13IN4O/c1-2-11-7(8(10)14)5-13-4-6(9)3-12-13/h3-4,7,11H,2,5H2,1H3,(H2,10,14). The number of halogens is 1. The molecule has 0 bridgehead atoms. The summed E-state index contributed by atoms with van der Waals surface area (Å²) in [5.74, 6) is -0.350. The predicted molar refractivity (Wildman–Crippen MR) is 61.6 cm³/mol. The molecule has 0 saturated heterocycles. The van der Waals surface area contributed by atoms with Gasteiger partial charge in [0.2, 0.25) is 5.91 Å². The minimum atomic E-state index is -0.351. The van der Waals surface area contributed by atoms with Crippen LogP contribution in [-0.2, 0) is 11.3 Å². The summed E-state index contributed by atoms with van der Waals surface area (Å²) < 4.78 is 2.75. The number of carbonyl (C=O) groups is 1. The highest BCUT2D eigenvalue weighted by Crippen LogP contribution is 2.01. The monoisotopic (exact) mass is 308 g/mol. The van der Waals surface area contributed by atoms with Gasteiger partial charge < -0.3 is 11.1 Å². The zero-order chi connectivity index (χ0) is 10.6. The molecule has 0 aliphatic rings. The average Bonchev–Trinajstić information content (AvgIpc) is 2.50. The first-order chi connectivity index (χ1) is 6.63. The smallest absolute Gasteiger partial charge is 0.236 e. The minimum absolute atomic E-state index is 0.350. The molecule has 0 fully saturated rings. The molecule has 1 amide bonds. The maximum atomic E-state index is 11.0. The lowest BCUT2D eigenvalue weighted by Gasteiger charge is -2.13. The van der Waals surface area contributed by atoms with E-state index in [1.165, 1.54) is 0 Å². The Kier molecular flexibility index (Phi) is 4.33. The number of hydrogen-bond donors (Lipinski definition) is 2. The summed E-state index contributed by atoms with van der Waals surface area (Å²) in [5, 5.41) is 7.08. The van der Waals surface area contributed by atoms with Crippen molar-refractivity contribution in [1.29, 1.82) is 0 Å². The van der Waals surface area contributed by atoms with Crippen LogP contribution < -0.4 is 11.1 Å². The third-order valence-electron chi connectivity index (χ3n) is 1.77. The number of carbonyl (C=O) groups excluding carboxylic acids is 1. The largest absolute Gasteiger partial charge is 0.368 e. The van der Waals surface area contributed by atoms with Gasteiger partial charge in [-0.25, -0.2) is 0 Å². The van der Waals surface area contributed by atoms with E-state index in [-0.39, 0.29) is 11.9 Å². The van der Waals surface area contributed by atoms with E-state index >= 15 is 0 Å². The second-order valence-electron chi connectivity index (χ2n) is 2.89. The van der Waals surface area contributed by atoms with Crippen molar-refractivity contribution in [1.82, 2.24) is 15.1 Å². The number of amides is 1. The normalized spacial score (nSPS) is 12.7. The molecule has 3 N–H and O–H groups in total. The average molecular weight is 308 g/mol. The van der Waals surface area contributed by atoms with Crippen molar-refractivity contribution in [2.45, 2.75) is 19.5 Å². The highest BCUT2D eigenvalue weighted by molar-refractivity contribution is 14.1. The lowest BCUT2D eigenvalue weighted by Crippen LogP contribution is -2.44. The highest BCUT2D eigenvalue weighted by Gasteiger charge is 2.14. The van der Waals surface area contributed by atoms with Crippen molar-refractivity contribution in [3.63, 3.8) is 0 Å². The van der Waals surface area contributed by atoms with Gasteiger partial charge in [-0.1, -0.05) is 6.92 Å². The number of nitrogens with zero attached hydrogens (tertiary/aromatic N) is 2. The number of aromatic nitrogens is 2. The summed E-state index contributed by atoms with van der Waals surface area (Å²) in [4.78, 5) is 11.0. The van der Waals surface area contributed by atoms with E-state index in [2.05, 4.69) is 33.0 Å². The highest BCUT2D eigenvalue weighted by atomic mass is 127. The third-order valence-corrected chi connectivity index (χ3v) is 2.32. The fourth-order valence-electron chi connectivity index (χ4n) is 1.13. The minimum Gasteiger partial charge on any atom is -0.368 e. The van der Waals surface area contributed by atoms with Crippen LogP contribution in [-0.4, -0.2) is 28.3 Å². The van der Waals surface area contributed by atoms with Crippen molar-refractivity contribution in [2.75, 3.05) is 6.54 Å². The molecule has 6 heteroatoms. The molecule has 1 aromatic rings. The molecule has 1 unspecified atom stereocenters. The Bertz CT molecular complexity index is 312. The Balaban J connectivity index is 2.59. The van der Waals surface area contributed by atoms with Crippen LogP contribution in [0.1, 0.15) is 6.92 Å². The molecule has 78 valence electrons. The quantitative estimate of drug-likeness (QED) is 0.749. The number of primary amides is 1. The number of nitrogens with two attached hydrogens (primary N) is 1. The van der Waals surface area contributed by atoms with Crippen molar-refractivity contribution < 1.29 is 4.79 Å². The van der Waals surface area contributed by atoms with E-state index in [1.54, 1.807) is 10.9 Å². The number of hydrogen-bond acceptors (Lipinski definition) is 3. The van der Waals surface area contributed by atoms with Gasteiger partial charge in [0.1, 0.15) is 6.04 Å². The molecule has 0 aliphatic carbocycles. The van der Waals surface area contributed by atoms with Crippen LogP contribution in [0.4, 0.5) is 0 Å². The van der Waals surface area contributed by atoms with E-state index in [0.717, 1.165) is 3.57 Å². The first kappa shape index (κ1) is 11.4. The van der Waals surface area contributed by atoms with Crippen molar-refractivity contribution >= 4 is 28.5 Å². The zero-order valence-electron chi connectivity index (χ0n) is 7.90. The van der Waals surface area contributed by atoms with Gasteiger partial charge in [0.25, 0.3) is 0 Å². The summed E-state index contributed by atoms with van der Waals surface area (Å²) in [6, 6.07) is -0.351. The van der Waals surface area contributed by atoms with Crippen molar-refractivity contribution in [3.05, 3.63) is 16.0 Å². The van der Waals surface area contributed by atoms with Crippen LogP contribution in [0.25, 0.3) is 0 Å². The molecule has 0 aromatic carbocycles. The second-order valence-corrected chi connectivity index (χ2v) is 4.14. The maximum absolute atomic E-state index is 11.0. The van der Waals surface area contributed by atoms with E-state index in [1.807, 2.05) is 13.1 Å². The molecule has 1 aromatic heterocycles. The number of rotatable bonds is 5. The molecule has 0 spiro atoms. The fraction of sp³-hybridized carbons (Fsp3) is 0.500. The lowest BCUT2D eigenvalue weighted by atomic mass is 10.3. The topological polar surface area (TPSA) is 72.9 Å². The van der Waals surface area contributed by atoms with Gasteiger partial charge in [0, 0.05) is 6.20 Å². The maximum Gasteiger partial charge on any atom is 0.236 e. The van der Waals surface area contributed by atoms with Gasteiger partial charge >= 0.3 is 0 Å². The molecule has 0 radical (unpaired) electrons. The van der Waals surface area contributed by atoms with Crippen LogP contribution >= 0.6 is 22.6 Å². The number of likely N-dealkylation sites (N-methyl/N-ethyl adjacent to an activating group) is 1. The lowest BCUT2D eigenvalue weighted by molar-refractivity contribution is -0.120. The Morgan fingerprint density at radius 1 is 1.86 bits per heavy atom. The van der Waals surface area contributed by atoms with Crippen LogP contribution in [0.3, 0.4) is 0 Å². The first-order valence-electron chi connectivity index (χ1n) is 4.34. The van der Waals surface area contributed by atoms with E-state index in [9.17, 15) is 4.79 Å². The van der Waals surface area contributed by atoms with Gasteiger partial charge in [-0.05, 0) is 29.1 Å². The van der Waals surface area contributed by atoms with E-state index in [0.29, 0.717) is 13.1 Å². The molecule has 1 rings (SSSR count). The molecule has 0 aliphatic heterocycles. The van der Waals surface area contributed by atoms with Crippen LogP contribution in [0.15, 0.2) is 12.4 Å². The Morgan fingerprint density at radius 3 is 3.00 bits per heavy atom. The van der Waals surface area contributed by atoms with Crippen LogP contribution in [0.2, 0.25) is 0 Å². The summed E-state index contributed by atoms with van der Waals surface area (Å²) in [6.45, 7) is 3.13. The zero-order valence-corrected chi connectivity index (χ0v) is 10.1. The van der Waals surface area contributed by atoms with Crippen LogP contribution in [0.5, 0.6) is 0 Å². The summed E-state index contributed by atoms with van der Waals surface area (Å²) in [5.41, 5.74) is 5.23. The van der Waals surface area contributed by atoms with Gasteiger partial charge in [0.05, 0.1) is 16.3 Å². The molecule has 5 nitrogen and oxygen atoms in total. The second kappa shape index (κ2) is 5.30. The Morgan fingerprint density at radius 2 is 2.57 bits per heavy atom. The van der Waals surface area contributed by atoms with E-state index < -0.39 is 0 Å². The molecule has 0 saturated carbocycles. The van der Waals surface area contributed by atoms with Gasteiger partial charge in [-0.3, -0.25) is 9.48 Å².